The van der Waals surface area contributed by atoms with Gasteiger partial charge >= 0.3 is 0 Å². The molecule has 0 bridgehead atoms. The Balaban J connectivity index is 1.66. The second-order valence-corrected chi connectivity index (χ2v) is 11.1. The van der Waals surface area contributed by atoms with E-state index in [2.05, 4.69) is 148 Å². The highest BCUT2D eigenvalue weighted by molar-refractivity contribution is 5.83. The molecule has 0 aliphatic heterocycles. The van der Waals surface area contributed by atoms with Crippen molar-refractivity contribution in [3.05, 3.63) is 172 Å². The maximum atomic E-state index is 2.55. The third-order valence-electron chi connectivity index (χ3n) is 8.91. The van der Waals surface area contributed by atoms with E-state index in [4.69, 9.17) is 0 Å². The predicted molar refractivity (Wildman–Crippen MR) is 160 cm³/mol. The molecule has 38 heavy (non-hydrogen) atoms. The normalized spacial score (nSPS) is 16.1. The van der Waals surface area contributed by atoms with Crippen molar-refractivity contribution in [2.24, 2.45) is 0 Å². The minimum Gasteiger partial charge on any atom is -0.0722 e. The van der Waals surface area contributed by atoms with Crippen LogP contribution in [0, 0.1) is 13.8 Å². The van der Waals surface area contributed by atoms with Gasteiger partial charge in [0.15, 0.2) is 0 Å². The molecule has 2 aliphatic rings. The van der Waals surface area contributed by atoms with Gasteiger partial charge in [-0.15, -0.1) is 0 Å². The molecular formula is C38H32. The van der Waals surface area contributed by atoms with Crippen LogP contribution in [0.15, 0.2) is 127 Å². The SMILES string of the molecule is CC1=CC(C(c2ccccc2)(c2ccccc2)C2c3cc(C)ccc3-c3ccc(C)cc32)c2ccccc21. The Kier molecular flexibility index (Phi) is 5.27. The summed E-state index contributed by atoms with van der Waals surface area (Å²) in [4.78, 5) is 0. The fourth-order valence-electron chi connectivity index (χ4n) is 7.39. The molecule has 0 spiro atoms. The zero-order chi connectivity index (χ0) is 25.9. The van der Waals surface area contributed by atoms with Gasteiger partial charge in [0.25, 0.3) is 0 Å². The topological polar surface area (TPSA) is 0 Å². The molecule has 5 aromatic rings. The molecule has 5 aromatic carbocycles. The van der Waals surface area contributed by atoms with Crippen LogP contribution in [0.25, 0.3) is 16.7 Å². The average Bonchev–Trinajstić information content (AvgIpc) is 3.45. The zero-order valence-electron chi connectivity index (χ0n) is 22.3. The molecular weight excluding hydrogens is 456 g/mol. The largest absolute Gasteiger partial charge is 0.0722 e. The van der Waals surface area contributed by atoms with Crippen LogP contribution in [0.1, 0.15) is 63.3 Å². The first kappa shape index (κ1) is 23.0. The summed E-state index contributed by atoms with van der Waals surface area (Å²) in [6.07, 6.45) is 2.55. The molecule has 0 heteroatoms. The molecule has 2 aliphatic carbocycles. The lowest BCUT2D eigenvalue weighted by molar-refractivity contribution is 0.416. The fourth-order valence-corrected chi connectivity index (χ4v) is 7.39. The molecule has 1 unspecified atom stereocenters. The van der Waals surface area contributed by atoms with Crippen LogP contribution in [0.4, 0.5) is 0 Å². The second kappa shape index (κ2) is 8.71. The summed E-state index contributed by atoms with van der Waals surface area (Å²) in [7, 11) is 0. The van der Waals surface area contributed by atoms with Crippen molar-refractivity contribution in [3.63, 3.8) is 0 Å². The number of rotatable bonds is 4. The van der Waals surface area contributed by atoms with E-state index in [1.165, 1.54) is 61.2 Å². The van der Waals surface area contributed by atoms with Crippen molar-refractivity contribution < 1.29 is 0 Å². The summed E-state index contributed by atoms with van der Waals surface area (Å²) < 4.78 is 0. The fraction of sp³-hybridized carbons (Fsp3) is 0.158. The van der Waals surface area contributed by atoms with Crippen LogP contribution in [0.3, 0.4) is 0 Å². The van der Waals surface area contributed by atoms with E-state index in [0.29, 0.717) is 0 Å². The van der Waals surface area contributed by atoms with E-state index >= 15 is 0 Å². The van der Waals surface area contributed by atoms with Crippen LogP contribution >= 0.6 is 0 Å². The van der Waals surface area contributed by atoms with Gasteiger partial charge in [0.05, 0.1) is 0 Å². The van der Waals surface area contributed by atoms with Crippen molar-refractivity contribution >= 4 is 5.57 Å². The lowest BCUT2D eigenvalue weighted by atomic mass is 9.55. The van der Waals surface area contributed by atoms with Gasteiger partial charge in [-0.05, 0) is 70.9 Å². The van der Waals surface area contributed by atoms with Gasteiger partial charge in [0.1, 0.15) is 0 Å². The molecule has 184 valence electrons. The molecule has 0 nitrogen and oxygen atoms in total. The Morgan fingerprint density at radius 1 is 0.474 bits per heavy atom. The number of fused-ring (bicyclic) bond motifs is 4. The van der Waals surface area contributed by atoms with Gasteiger partial charge in [0.2, 0.25) is 0 Å². The summed E-state index contributed by atoms with van der Waals surface area (Å²) in [5, 5.41) is 0. The van der Waals surface area contributed by atoms with Gasteiger partial charge in [-0.3, -0.25) is 0 Å². The van der Waals surface area contributed by atoms with Gasteiger partial charge in [-0.25, -0.2) is 0 Å². The Morgan fingerprint density at radius 2 is 0.974 bits per heavy atom. The minimum atomic E-state index is -0.335. The predicted octanol–water partition coefficient (Wildman–Crippen LogP) is 9.60. The quantitative estimate of drug-likeness (QED) is 0.236. The van der Waals surface area contributed by atoms with E-state index < -0.39 is 0 Å². The first-order chi connectivity index (χ1) is 18.6. The monoisotopic (exact) mass is 488 g/mol. The molecule has 0 radical (unpaired) electrons. The van der Waals surface area contributed by atoms with Crippen LogP contribution < -0.4 is 0 Å². The second-order valence-electron chi connectivity index (χ2n) is 11.1. The molecule has 1 atom stereocenters. The summed E-state index contributed by atoms with van der Waals surface area (Å²) in [5.74, 6) is 0.352. The summed E-state index contributed by atoms with van der Waals surface area (Å²) in [6.45, 7) is 6.74. The average molecular weight is 489 g/mol. The van der Waals surface area contributed by atoms with E-state index in [-0.39, 0.29) is 17.3 Å². The zero-order valence-corrected chi connectivity index (χ0v) is 22.3. The highest BCUT2D eigenvalue weighted by atomic mass is 14.5. The Bertz CT molecular complexity index is 1600. The Morgan fingerprint density at radius 3 is 1.53 bits per heavy atom. The molecule has 0 fully saturated rings. The first-order valence-corrected chi connectivity index (χ1v) is 13.7. The van der Waals surface area contributed by atoms with Crippen molar-refractivity contribution in [1.82, 2.24) is 0 Å². The molecule has 0 N–H and O–H groups in total. The molecule has 0 saturated heterocycles. The maximum absolute atomic E-state index is 2.55. The minimum absolute atomic E-state index is 0.164. The Hall–Kier alpha value is -4.16. The summed E-state index contributed by atoms with van der Waals surface area (Å²) >= 11 is 0. The third kappa shape index (κ3) is 3.23. The van der Waals surface area contributed by atoms with Gasteiger partial charge < -0.3 is 0 Å². The standard InChI is InChI=1S/C38H32/c1-25-18-20-31-32-21-19-26(2)23-35(32)37(34(31)22-25)38(28-12-6-4-7-13-28,29-14-8-5-9-15-29)36-24-27(3)30-16-10-11-17-33(30)36/h4-24,36-37H,1-3H3. The van der Waals surface area contributed by atoms with Crippen LogP contribution in [-0.2, 0) is 5.41 Å². The van der Waals surface area contributed by atoms with Gasteiger partial charge in [0, 0.05) is 17.3 Å². The molecule has 0 aromatic heterocycles. The van der Waals surface area contributed by atoms with Crippen LogP contribution in [-0.4, -0.2) is 0 Å². The third-order valence-corrected chi connectivity index (χ3v) is 8.91. The molecule has 0 saturated carbocycles. The van der Waals surface area contributed by atoms with Crippen molar-refractivity contribution in [1.29, 1.82) is 0 Å². The number of benzene rings is 5. The van der Waals surface area contributed by atoms with Crippen molar-refractivity contribution in [3.8, 4) is 11.1 Å². The highest BCUT2D eigenvalue weighted by Crippen LogP contribution is 2.63. The smallest absolute Gasteiger partial charge is 0.0415 e. The Labute approximate surface area is 226 Å². The lowest BCUT2D eigenvalue weighted by Crippen LogP contribution is -2.40. The van der Waals surface area contributed by atoms with Gasteiger partial charge in [-0.2, -0.15) is 0 Å². The van der Waals surface area contributed by atoms with Crippen LogP contribution in [0.5, 0.6) is 0 Å². The number of hydrogen-bond acceptors (Lipinski definition) is 0. The van der Waals surface area contributed by atoms with E-state index in [1.54, 1.807) is 0 Å². The first-order valence-electron chi connectivity index (χ1n) is 13.7. The van der Waals surface area contributed by atoms with Crippen LogP contribution in [0.2, 0.25) is 0 Å². The highest BCUT2D eigenvalue weighted by Gasteiger charge is 2.53. The maximum Gasteiger partial charge on any atom is 0.0415 e. The molecule has 0 heterocycles. The number of hydrogen-bond donors (Lipinski definition) is 0. The van der Waals surface area contributed by atoms with Gasteiger partial charge in [-0.1, -0.05) is 139 Å². The van der Waals surface area contributed by atoms with E-state index in [0.717, 1.165) is 0 Å². The van der Waals surface area contributed by atoms with E-state index in [9.17, 15) is 0 Å². The number of aryl methyl sites for hydroxylation is 2. The number of allylic oxidation sites excluding steroid dienone is 2. The summed E-state index contributed by atoms with van der Waals surface area (Å²) in [6, 6.07) is 45.8. The van der Waals surface area contributed by atoms with Crippen molar-refractivity contribution in [2.45, 2.75) is 38.0 Å². The summed E-state index contributed by atoms with van der Waals surface area (Å²) in [5.41, 5.74) is 14.8. The van der Waals surface area contributed by atoms with Crippen molar-refractivity contribution in [2.75, 3.05) is 0 Å². The molecule has 7 rings (SSSR count). The molecule has 0 amide bonds. The van der Waals surface area contributed by atoms with E-state index in [1.807, 2.05) is 0 Å². The lowest BCUT2D eigenvalue weighted by Gasteiger charge is -2.46.